The fraction of sp³-hybridized carbons (Fsp3) is 0.294. The van der Waals surface area contributed by atoms with Gasteiger partial charge in [0.2, 0.25) is 0 Å². The van der Waals surface area contributed by atoms with Gasteiger partial charge in [-0.25, -0.2) is 0 Å². The van der Waals surface area contributed by atoms with E-state index >= 15 is 0 Å². The Morgan fingerprint density at radius 2 is 1.83 bits per heavy atom. The summed E-state index contributed by atoms with van der Waals surface area (Å²) in [6.45, 7) is 3.09. The molecule has 1 nitrogen and oxygen atoms in total. The van der Waals surface area contributed by atoms with E-state index in [1.807, 2.05) is 0 Å². The van der Waals surface area contributed by atoms with Crippen molar-refractivity contribution in [2.24, 2.45) is 0 Å². The van der Waals surface area contributed by atoms with E-state index in [1.54, 1.807) is 0 Å². The molecule has 92 valence electrons. The molecule has 0 bridgehead atoms. The second-order valence-electron chi connectivity index (χ2n) is 5.16. The molecular formula is C17H19N. The molecule has 2 aromatic rings. The lowest BCUT2D eigenvalue weighted by Crippen LogP contribution is -2.18. The molecule has 3 rings (SSSR count). The fourth-order valence-corrected chi connectivity index (χ4v) is 2.72. The van der Waals surface area contributed by atoms with Crippen molar-refractivity contribution in [2.45, 2.75) is 32.4 Å². The lowest BCUT2D eigenvalue weighted by Gasteiger charge is -2.14. The van der Waals surface area contributed by atoms with Crippen LogP contribution in [0.1, 0.15) is 34.7 Å². The maximum atomic E-state index is 3.67. The van der Waals surface area contributed by atoms with Gasteiger partial charge in [0.05, 0.1) is 0 Å². The number of aryl methyl sites for hydroxylation is 2. The van der Waals surface area contributed by atoms with Gasteiger partial charge >= 0.3 is 0 Å². The van der Waals surface area contributed by atoms with E-state index in [0.717, 1.165) is 6.54 Å². The van der Waals surface area contributed by atoms with Crippen molar-refractivity contribution in [1.29, 1.82) is 0 Å². The smallest absolute Gasteiger partial charge is 0.0329 e. The van der Waals surface area contributed by atoms with Gasteiger partial charge in [-0.1, -0.05) is 54.1 Å². The summed E-state index contributed by atoms with van der Waals surface area (Å²) in [5.41, 5.74) is 5.69. The van der Waals surface area contributed by atoms with Crippen LogP contribution in [-0.2, 0) is 13.0 Å². The third kappa shape index (κ3) is 2.32. The summed E-state index contributed by atoms with van der Waals surface area (Å²) in [4.78, 5) is 0. The fourth-order valence-electron chi connectivity index (χ4n) is 2.72. The SMILES string of the molecule is Cc1ccc(CNC2CCc3ccccc32)cc1. The molecule has 0 aromatic heterocycles. The lowest BCUT2D eigenvalue weighted by atomic mass is 10.1. The zero-order valence-corrected chi connectivity index (χ0v) is 10.8. The lowest BCUT2D eigenvalue weighted by molar-refractivity contribution is 0.530. The van der Waals surface area contributed by atoms with E-state index < -0.39 is 0 Å². The minimum atomic E-state index is 0.530. The predicted octanol–water partition coefficient (Wildman–Crippen LogP) is 3.77. The van der Waals surface area contributed by atoms with Crippen LogP contribution in [0.4, 0.5) is 0 Å². The molecule has 2 aromatic carbocycles. The summed E-state index contributed by atoms with van der Waals surface area (Å²) >= 11 is 0. The van der Waals surface area contributed by atoms with Crippen molar-refractivity contribution in [3.05, 3.63) is 70.8 Å². The maximum absolute atomic E-state index is 3.67. The Hall–Kier alpha value is -1.60. The van der Waals surface area contributed by atoms with Crippen LogP contribution in [0.15, 0.2) is 48.5 Å². The van der Waals surface area contributed by atoms with Gasteiger partial charge in [0.1, 0.15) is 0 Å². The molecule has 0 aliphatic heterocycles. The average molecular weight is 237 g/mol. The van der Waals surface area contributed by atoms with Crippen LogP contribution in [-0.4, -0.2) is 0 Å². The van der Waals surface area contributed by atoms with Crippen molar-refractivity contribution in [1.82, 2.24) is 5.32 Å². The van der Waals surface area contributed by atoms with Crippen LogP contribution in [0.2, 0.25) is 0 Å². The van der Waals surface area contributed by atoms with Gasteiger partial charge in [-0.05, 0) is 36.5 Å². The number of hydrogen-bond donors (Lipinski definition) is 1. The minimum Gasteiger partial charge on any atom is -0.306 e. The predicted molar refractivity (Wildman–Crippen MR) is 75.5 cm³/mol. The van der Waals surface area contributed by atoms with Crippen LogP contribution in [0, 0.1) is 6.92 Å². The molecule has 1 heteroatoms. The van der Waals surface area contributed by atoms with Gasteiger partial charge in [-0.2, -0.15) is 0 Å². The molecule has 1 unspecified atom stereocenters. The number of hydrogen-bond acceptors (Lipinski definition) is 1. The van der Waals surface area contributed by atoms with Gasteiger partial charge in [0.15, 0.2) is 0 Å². The monoisotopic (exact) mass is 237 g/mol. The number of fused-ring (bicyclic) bond motifs is 1. The summed E-state index contributed by atoms with van der Waals surface area (Å²) in [6.07, 6.45) is 2.44. The number of nitrogens with one attached hydrogen (secondary N) is 1. The van der Waals surface area contributed by atoms with Crippen LogP contribution in [0.5, 0.6) is 0 Å². The first-order chi connectivity index (χ1) is 8.83. The Morgan fingerprint density at radius 1 is 1.06 bits per heavy atom. The van der Waals surface area contributed by atoms with Crippen LogP contribution in [0.25, 0.3) is 0 Å². The Bertz CT molecular complexity index is 528. The molecule has 0 heterocycles. The second kappa shape index (κ2) is 4.95. The molecule has 18 heavy (non-hydrogen) atoms. The van der Waals surface area contributed by atoms with Crippen molar-refractivity contribution in [3.8, 4) is 0 Å². The summed E-state index contributed by atoms with van der Waals surface area (Å²) in [7, 11) is 0. The van der Waals surface area contributed by atoms with Crippen LogP contribution < -0.4 is 5.32 Å². The molecule has 0 fully saturated rings. The molecule has 0 amide bonds. The second-order valence-corrected chi connectivity index (χ2v) is 5.16. The van der Waals surface area contributed by atoms with Gasteiger partial charge in [-0.3, -0.25) is 0 Å². The first-order valence-electron chi connectivity index (χ1n) is 6.69. The molecule has 0 spiro atoms. The van der Waals surface area contributed by atoms with E-state index in [-0.39, 0.29) is 0 Å². The van der Waals surface area contributed by atoms with Crippen LogP contribution >= 0.6 is 0 Å². The zero-order chi connectivity index (χ0) is 12.4. The number of benzene rings is 2. The van der Waals surface area contributed by atoms with E-state index in [1.165, 1.54) is 35.1 Å². The normalized spacial score (nSPS) is 17.7. The molecule has 1 aliphatic carbocycles. The Morgan fingerprint density at radius 3 is 2.67 bits per heavy atom. The summed E-state index contributed by atoms with van der Waals surface area (Å²) in [5, 5.41) is 3.67. The Balaban J connectivity index is 1.67. The maximum Gasteiger partial charge on any atom is 0.0329 e. The zero-order valence-electron chi connectivity index (χ0n) is 10.8. The largest absolute Gasteiger partial charge is 0.306 e. The first-order valence-corrected chi connectivity index (χ1v) is 6.69. The summed E-state index contributed by atoms with van der Waals surface area (Å²) < 4.78 is 0. The average Bonchev–Trinajstić information content (AvgIpc) is 2.82. The third-order valence-corrected chi connectivity index (χ3v) is 3.81. The minimum absolute atomic E-state index is 0.530. The van der Waals surface area contributed by atoms with Crippen molar-refractivity contribution in [2.75, 3.05) is 0 Å². The van der Waals surface area contributed by atoms with E-state index in [9.17, 15) is 0 Å². The van der Waals surface area contributed by atoms with Gasteiger partial charge in [0, 0.05) is 12.6 Å². The molecule has 0 radical (unpaired) electrons. The van der Waals surface area contributed by atoms with Crippen molar-refractivity contribution < 1.29 is 0 Å². The first kappa shape index (κ1) is 11.5. The molecule has 1 aliphatic rings. The van der Waals surface area contributed by atoms with E-state index in [0.29, 0.717) is 6.04 Å². The van der Waals surface area contributed by atoms with E-state index in [2.05, 4.69) is 60.8 Å². The van der Waals surface area contributed by atoms with Crippen molar-refractivity contribution in [3.63, 3.8) is 0 Å². The highest BCUT2D eigenvalue weighted by atomic mass is 14.9. The number of rotatable bonds is 3. The van der Waals surface area contributed by atoms with E-state index in [4.69, 9.17) is 0 Å². The molecule has 1 atom stereocenters. The Labute approximate surface area is 109 Å². The molecular weight excluding hydrogens is 218 g/mol. The highest BCUT2D eigenvalue weighted by Gasteiger charge is 2.20. The van der Waals surface area contributed by atoms with Crippen molar-refractivity contribution >= 4 is 0 Å². The summed E-state index contributed by atoms with van der Waals surface area (Å²) in [6, 6.07) is 18.1. The standard InChI is InChI=1S/C17H19N/c1-13-6-8-14(9-7-13)12-18-17-11-10-15-4-2-3-5-16(15)17/h2-9,17-18H,10-12H2,1H3. The highest BCUT2D eigenvalue weighted by Crippen LogP contribution is 2.30. The molecule has 1 N–H and O–H groups in total. The summed E-state index contributed by atoms with van der Waals surface area (Å²) in [5.74, 6) is 0. The third-order valence-electron chi connectivity index (χ3n) is 3.81. The van der Waals surface area contributed by atoms with Gasteiger partial charge < -0.3 is 5.32 Å². The topological polar surface area (TPSA) is 12.0 Å². The molecule has 0 saturated heterocycles. The Kier molecular flexibility index (Phi) is 3.16. The highest BCUT2D eigenvalue weighted by molar-refractivity contribution is 5.34. The quantitative estimate of drug-likeness (QED) is 0.856. The van der Waals surface area contributed by atoms with Gasteiger partial charge in [0.25, 0.3) is 0 Å². The van der Waals surface area contributed by atoms with Gasteiger partial charge in [-0.15, -0.1) is 0 Å². The molecule has 0 saturated carbocycles. The van der Waals surface area contributed by atoms with Crippen LogP contribution in [0.3, 0.4) is 0 Å².